The van der Waals surface area contributed by atoms with Crippen molar-refractivity contribution in [2.45, 2.75) is 71.1 Å². The predicted molar refractivity (Wildman–Crippen MR) is 64.1 cm³/mol. The zero-order valence-corrected chi connectivity index (χ0v) is 9.73. The van der Waals surface area contributed by atoms with Crippen LogP contribution in [0.2, 0.25) is 0 Å². The molecule has 0 rings (SSSR count). The summed E-state index contributed by atoms with van der Waals surface area (Å²) in [7, 11) is 0. The van der Waals surface area contributed by atoms with Crippen molar-refractivity contribution in [2.24, 2.45) is 0 Å². The van der Waals surface area contributed by atoms with Gasteiger partial charge in [0.15, 0.2) is 0 Å². The summed E-state index contributed by atoms with van der Waals surface area (Å²) in [5, 5.41) is 0. The second-order valence-electron chi connectivity index (χ2n) is 4.02. The average Bonchev–Trinajstić information content (AvgIpc) is 2.21. The highest BCUT2D eigenvalue weighted by Crippen LogP contribution is 2.10. The van der Waals surface area contributed by atoms with Crippen LogP contribution in [-0.2, 0) is 0 Å². The van der Waals surface area contributed by atoms with Gasteiger partial charge < -0.3 is 5.73 Å². The molecule has 0 unspecified atom stereocenters. The third kappa shape index (κ3) is 11.5. The van der Waals surface area contributed by atoms with Crippen LogP contribution in [-0.4, -0.2) is 0 Å². The molecule has 1 radical (unpaired) electrons. The SMILES string of the molecule is CCCCCCCCCCCC=C[NH]. The van der Waals surface area contributed by atoms with Gasteiger partial charge in [-0.25, -0.2) is 0 Å². The lowest BCUT2D eigenvalue weighted by Crippen LogP contribution is -1.80. The van der Waals surface area contributed by atoms with Crippen molar-refractivity contribution in [3.8, 4) is 0 Å². The topological polar surface area (TPSA) is 23.8 Å². The zero-order valence-electron chi connectivity index (χ0n) is 9.73. The van der Waals surface area contributed by atoms with Crippen LogP contribution < -0.4 is 5.73 Å². The number of unbranched alkanes of at least 4 members (excludes halogenated alkanes) is 9. The standard InChI is InChI=1S/C13H26N/c1-2-3-4-5-6-7-8-9-10-11-12-13-14/h12-14H,2-11H2,1H3. The molecule has 83 valence electrons. The van der Waals surface area contributed by atoms with Crippen LogP contribution in [0.15, 0.2) is 12.3 Å². The summed E-state index contributed by atoms with van der Waals surface area (Å²) in [5.74, 6) is 0. The Bertz CT molecular complexity index is 118. The van der Waals surface area contributed by atoms with Crippen molar-refractivity contribution < 1.29 is 0 Å². The minimum Gasteiger partial charge on any atom is -0.309 e. The first kappa shape index (κ1) is 13.5. The van der Waals surface area contributed by atoms with Crippen LogP contribution in [0.3, 0.4) is 0 Å². The van der Waals surface area contributed by atoms with E-state index < -0.39 is 0 Å². The number of allylic oxidation sites excluding steroid dienone is 1. The molecular formula is C13H26N. The summed E-state index contributed by atoms with van der Waals surface area (Å²) in [6.07, 6.45) is 16.9. The van der Waals surface area contributed by atoms with Crippen LogP contribution in [0.5, 0.6) is 0 Å². The van der Waals surface area contributed by atoms with E-state index in [-0.39, 0.29) is 0 Å². The van der Waals surface area contributed by atoms with E-state index in [4.69, 9.17) is 5.73 Å². The molecule has 1 nitrogen and oxygen atoms in total. The maximum Gasteiger partial charge on any atom is 0.0137 e. The van der Waals surface area contributed by atoms with Gasteiger partial charge in [0.1, 0.15) is 0 Å². The predicted octanol–water partition coefficient (Wildman–Crippen LogP) is 4.70. The van der Waals surface area contributed by atoms with Crippen LogP contribution >= 0.6 is 0 Å². The van der Waals surface area contributed by atoms with Gasteiger partial charge in [0.2, 0.25) is 0 Å². The van der Waals surface area contributed by atoms with Gasteiger partial charge >= 0.3 is 0 Å². The maximum absolute atomic E-state index is 6.83. The minimum absolute atomic E-state index is 1.10. The maximum atomic E-state index is 6.83. The Hall–Kier alpha value is -0.460. The van der Waals surface area contributed by atoms with E-state index in [1.165, 1.54) is 64.0 Å². The zero-order chi connectivity index (χ0) is 10.5. The highest BCUT2D eigenvalue weighted by molar-refractivity contribution is 4.74. The lowest BCUT2D eigenvalue weighted by Gasteiger charge is -2.00. The largest absolute Gasteiger partial charge is 0.309 e. The second kappa shape index (κ2) is 12.5. The van der Waals surface area contributed by atoms with E-state index in [1.54, 1.807) is 0 Å². The Morgan fingerprint density at radius 1 is 0.786 bits per heavy atom. The monoisotopic (exact) mass is 196 g/mol. The summed E-state index contributed by atoms with van der Waals surface area (Å²) in [5.41, 5.74) is 6.83. The Kier molecular flexibility index (Phi) is 12.1. The van der Waals surface area contributed by atoms with Gasteiger partial charge in [0.05, 0.1) is 0 Å². The van der Waals surface area contributed by atoms with Gasteiger partial charge in [0, 0.05) is 6.20 Å². The van der Waals surface area contributed by atoms with Crippen LogP contribution in [0.4, 0.5) is 0 Å². The molecule has 0 spiro atoms. The molecule has 14 heavy (non-hydrogen) atoms. The second-order valence-corrected chi connectivity index (χ2v) is 4.02. The van der Waals surface area contributed by atoms with Gasteiger partial charge in [-0.3, -0.25) is 0 Å². The molecule has 0 aliphatic rings. The molecule has 0 amide bonds. The van der Waals surface area contributed by atoms with Gasteiger partial charge in [0.25, 0.3) is 0 Å². The summed E-state index contributed by atoms with van der Waals surface area (Å²) >= 11 is 0. The van der Waals surface area contributed by atoms with Crippen LogP contribution in [0.1, 0.15) is 71.1 Å². The van der Waals surface area contributed by atoms with E-state index in [9.17, 15) is 0 Å². The molecule has 0 fully saturated rings. The molecule has 0 atom stereocenters. The smallest absolute Gasteiger partial charge is 0.0137 e. The number of hydrogen-bond donors (Lipinski definition) is 0. The first-order valence-corrected chi connectivity index (χ1v) is 6.24. The molecule has 0 aliphatic heterocycles. The fourth-order valence-electron chi connectivity index (χ4n) is 1.66. The first-order valence-electron chi connectivity index (χ1n) is 6.24. The summed E-state index contributed by atoms with van der Waals surface area (Å²) < 4.78 is 0. The molecule has 0 saturated heterocycles. The number of rotatable bonds is 10. The molecule has 0 bridgehead atoms. The normalized spacial score (nSPS) is 11.2. The third-order valence-corrected chi connectivity index (χ3v) is 2.59. The number of hydrogen-bond acceptors (Lipinski definition) is 0. The van der Waals surface area contributed by atoms with Gasteiger partial charge in [-0.15, -0.1) is 0 Å². The minimum atomic E-state index is 1.10. The van der Waals surface area contributed by atoms with Gasteiger partial charge in [-0.2, -0.15) is 0 Å². The van der Waals surface area contributed by atoms with Gasteiger partial charge in [-0.05, 0) is 12.8 Å². The van der Waals surface area contributed by atoms with Crippen molar-refractivity contribution in [3.05, 3.63) is 12.3 Å². The molecule has 0 aliphatic carbocycles. The van der Waals surface area contributed by atoms with Crippen LogP contribution in [0, 0.1) is 0 Å². The van der Waals surface area contributed by atoms with E-state index in [0.29, 0.717) is 0 Å². The lowest BCUT2D eigenvalue weighted by molar-refractivity contribution is 0.566. The van der Waals surface area contributed by atoms with Crippen molar-refractivity contribution in [1.29, 1.82) is 0 Å². The summed E-state index contributed by atoms with van der Waals surface area (Å²) in [6, 6.07) is 0. The van der Waals surface area contributed by atoms with Crippen molar-refractivity contribution in [3.63, 3.8) is 0 Å². The van der Waals surface area contributed by atoms with Crippen LogP contribution in [0.25, 0.3) is 0 Å². The summed E-state index contributed by atoms with van der Waals surface area (Å²) in [6.45, 7) is 2.26. The molecular weight excluding hydrogens is 170 g/mol. The van der Waals surface area contributed by atoms with E-state index in [0.717, 1.165) is 6.42 Å². The van der Waals surface area contributed by atoms with Gasteiger partial charge in [-0.1, -0.05) is 64.4 Å². The molecule has 0 aromatic carbocycles. The number of nitrogens with one attached hydrogen (secondary N) is 1. The fourth-order valence-corrected chi connectivity index (χ4v) is 1.66. The Labute approximate surface area is 89.8 Å². The first-order chi connectivity index (χ1) is 6.91. The van der Waals surface area contributed by atoms with E-state index in [2.05, 4.69) is 6.92 Å². The van der Waals surface area contributed by atoms with Crippen molar-refractivity contribution >= 4 is 0 Å². The lowest BCUT2D eigenvalue weighted by atomic mass is 10.1. The molecule has 0 aromatic rings. The fraction of sp³-hybridized carbons (Fsp3) is 0.846. The average molecular weight is 196 g/mol. The van der Waals surface area contributed by atoms with Crippen molar-refractivity contribution in [1.82, 2.24) is 5.73 Å². The van der Waals surface area contributed by atoms with E-state index >= 15 is 0 Å². The Balaban J connectivity index is 2.85. The van der Waals surface area contributed by atoms with E-state index in [1.807, 2.05) is 6.08 Å². The molecule has 1 heteroatoms. The summed E-state index contributed by atoms with van der Waals surface area (Å²) in [4.78, 5) is 0. The molecule has 0 heterocycles. The molecule has 0 saturated carbocycles. The van der Waals surface area contributed by atoms with Crippen molar-refractivity contribution in [2.75, 3.05) is 0 Å². The molecule has 0 aromatic heterocycles. The Morgan fingerprint density at radius 3 is 1.79 bits per heavy atom. The quantitative estimate of drug-likeness (QED) is 0.452. The molecule has 1 N–H and O–H groups in total. The highest BCUT2D eigenvalue weighted by Gasteiger charge is 1.90. The Morgan fingerprint density at radius 2 is 1.29 bits per heavy atom. The third-order valence-electron chi connectivity index (χ3n) is 2.59. The highest BCUT2D eigenvalue weighted by atomic mass is 14.5.